The van der Waals surface area contributed by atoms with E-state index in [0.717, 1.165) is 31.0 Å². The lowest BCUT2D eigenvalue weighted by molar-refractivity contribution is 0.351. The molecule has 2 heterocycles. The number of halogens is 1. The lowest BCUT2D eigenvalue weighted by Gasteiger charge is -2.12. The van der Waals surface area contributed by atoms with E-state index in [4.69, 9.17) is 11.6 Å². The van der Waals surface area contributed by atoms with E-state index in [9.17, 15) is 0 Å². The lowest BCUT2D eigenvalue weighted by atomic mass is 10.1. The number of likely N-dealkylation sites (N-methyl/N-ethyl adjacent to an activating group) is 1. The fourth-order valence-electron chi connectivity index (χ4n) is 3.56. The maximum Gasteiger partial charge on any atom is 0.0529 e. The molecule has 24 heavy (non-hydrogen) atoms. The Balaban J connectivity index is 1.86. The van der Waals surface area contributed by atoms with Gasteiger partial charge in [-0.05, 0) is 48.9 Å². The summed E-state index contributed by atoms with van der Waals surface area (Å²) in [6.45, 7) is 2.19. The standard InChI is InChI=1S/C21H21ClN2/c1-23-12-10-18-19-15-17(22)7-8-20(19)24(21(18)11-13-23)14-9-16-5-3-2-4-6-16/h2-9,14-15H,10-13H2,1H3. The first kappa shape index (κ1) is 15.5. The van der Waals surface area contributed by atoms with Crippen molar-refractivity contribution in [3.63, 3.8) is 0 Å². The van der Waals surface area contributed by atoms with Crippen molar-refractivity contribution in [1.82, 2.24) is 9.47 Å². The monoisotopic (exact) mass is 336 g/mol. The minimum atomic E-state index is 0.812. The Morgan fingerprint density at radius 1 is 1.00 bits per heavy atom. The van der Waals surface area contributed by atoms with E-state index in [-0.39, 0.29) is 0 Å². The minimum Gasteiger partial charge on any atom is -0.320 e. The van der Waals surface area contributed by atoms with Crippen LogP contribution in [0.4, 0.5) is 0 Å². The first-order chi connectivity index (χ1) is 11.7. The molecule has 1 aliphatic rings. The SMILES string of the molecule is CN1CCc2c(n(C=Cc3ccccc3)c3ccc(Cl)cc23)CC1. The highest BCUT2D eigenvalue weighted by atomic mass is 35.5. The average molecular weight is 337 g/mol. The summed E-state index contributed by atoms with van der Waals surface area (Å²) in [5, 5.41) is 2.11. The Hall–Kier alpha value is -2.03. The van der Waals surface area contributed by atoms with Crippen LogP contribution in [-0.2, 0) is 12.8 Å². The van der Waals surface area contributed by atoms with Crippen LogP contribution in [0.5, 0.6) is 0 Å². The van der Waals surface area contributed by atoms with Crippen LogP contribution in [-0.4, -0.2) is 29.6 Å². The molecule has 1 aliphatic heterocycles. The first-order valence-corrected chi connectivity index (χ1v) is 8.83. The van der Waals surface area contributed by atoms with Gasteiger partial charge in [-0.1, -0.05) is 41.9 Å². The molecule has 3 aromatic rings. The predicted octanol–water partition coefficient (Wildman–Crippen LogP) is 4.95. The van der Waals surface area contributed by atoms with Gasteiger partial charge in [0, 0.05) is 41.8 Å². The van der Waals surface area contributed by atoms with Crippen molar-refractivity contribution in [3.05, 3.63) is 70.4 Å². The van der Waals surface area contributed by atoms with Crippen LogP contribution in [0, 0.1) is 0 Å². The van der Waals surface area contributed by atoms with Crippen molar-refractivity contribution in [2.24, 2.45) is 0 Å². The molecule has 0 bridgehead atoms. The molecule has 0 saturated heterocycles. The van der Waals surface area contributed by atoms with E-state index < -0.39 is 0 Å². The van der Waals surface area contributed by atoms with Crippen molar-refractivity contribution < 1.29 is 0 Å². The quantitative estimate of drug-likeness (QED) is 0.642. The third-order valence-electron chi connectivity index (χ3n) is 4.87. The zero-order chi connectivity index (χ0) is 16.5. The summed E-state index contributed by atoms with van der Waals surface area (Å²) in [7, 11) is 2.20. The molecule has 0 unspecified atom stereocenters. The van der Waals surface area contributed by atoms with Crippen LogP contribution in [0.15, 0.2) is 48.5 Å². The summed E-state index contributed by atoms with van der Waals surface area (Å²) in [4.78, 5) is 2.40. The fourth-order valence-corrected chi connectivity index (χ4v) is 3.73. The van der Waals surface area contributed by atoms with Crippen molar-refractivity contribution in [2.45, 2.75) is 12.8 Å². The largest absolute Gasteiger partial charge is 0.320 e. The molecule has 2 nitrogen and oxygen atoms in total. The van der Waals surface area contributed by atoms with Crippen LogP contribution < -0.4 is 0 Å². The molecule has 0 atom stereocenters. The smallest absolute Gasteiger partial charge is 0.0529 e. The third kappa shape index (κ3) is 2.88. The summed E-state index contributed by atoms with van der Waals surface area (Å²) in [5.74, 6) is 0. The van der Waals surface area contributed by atoms with Gasteiger partial charge >= 0.3 is 0 Å². The molecule has 4 rings (SSSR count). The number of nitrogens with zero attached hydrogens (tertiary/aromatic N) is 2. The Bertz CT molecular complexity index is 893. The van der Waals surface area contributed by atoms with Gasteiger partial charge in [-0.3, -0.25) is 0 Å². The molecular formula is C21H21ClN2. The average Bonchev–Trinajstić information content (AvgIpc) is 2.74. The van der Waals surface area contributed by atoms with Gasteiger partial charge in [0.25, 0.3) is 0 Å². The van der Waals surface area contributed by atoms with Gasteiger partial charge in [0.15, 0.2) is 0 Å². The van der Waals surface area contributed by atoms with Gasteiger partial charge in [-0.15, -0.1) is 0 Å². The van der Waals surface area contributed by atoms with Gasteiger partial charge in [0.1, 0.15) is 0 Å². The van der Waals surface area contributed by atoms with E-state index in [2.05, 4.69) is 65.2 Å². The number of hydrogen-bond donors (Lipinski definition) is 0. The second kappa shape index (κ2) is 6.46. The summed E-state index contributed by atoms with van der Waals surface area (Å²) in [6, 6.07) is 16.7. The Kier molecular flexibility index (Phi) is 4.17. The van der Waals surface area contributed by atoms with Crippen LogP contribution in [0.2, 0.25) is 5.02 Å². The third-order valence-corrected chi connectivity index (χ3v) is 5.11. The summed E-state index contributed by atoms with van der Waals surface area (Å²) in [5.41, 5.74) is 5.34. The van der Waals surface area contributed by atoms with E-state index in [0.29, 0.717) is 0 Å². The molecule has 3 heteroatoms. The molecule has 0 aliphatic carbocycles. The van der Waals surface area contributed by atoms with Gasteiger partial charge in [0.05, 0.1) is 5.52 Å². The van der Waals surface area contributed by atoms with E-state index in [1.807, 2.05) is 12.1 Å². The molecule has 0 spiro atoms. The number of rotatable bonds is 2. The van der Waals surface area contributed by atoms with Crippen molar-refractivity contribution in [2.75, 3.05) is 20.1 Å². The van der Waals surface area contributed by atoms with Crippen molar-refractivity contribution in [3.8, 4) is 0 Å². The Labute approximate surface area is 148 Å². The molecule has 0 saturated carbocycles. The highest BCUT2D eigenvalue weighted by Crippen LogP contribution is 2.31. The summed E-state index contributed by atoms with van der Waals surface area (Å²) >= 11 is 6.28. The van der Waals surface area contributed by atoms with Crippen LogP contribution in [0.3, 0.4) is 0 Å². The van der Waals surface area contributed by atoms with E-state index in [1.165, 1.54) is 27.7 Å². The van der Waals surface area contributed by atoms with E-state index in [1.54, 1.807) is 0 Å². The maximum atomic E-state index is 6.28. The van der Waals surface area contributed by atoms with Crippen molar-refractivity contribution >= 4 is 34.8 Å². The molecule has 1 aromatic heterocycles. The fraction of sp³-hybridized carbons (Fsp3) is 0.238. The number of hydrogen-bond acceptors (Lipinski definition) is 1. The first-order valence-electron chi connectivity index (χ1n) is 8.45. The van der Waals surface area contributed by atoms with Gasteiger partial charge in [-0.25, -0.2) is 0 Å². The molecule has 2 aromatic carbocycles. The zero-order valence-corrected chi connectivity index (χ0v) is 14.6. The van der Waals surface area contributed by atoms with Crippen LogP contribution >= 0.6 is 11.6 Å². The summed E-state index contributed by atoms with van der Waals surface area (Å²) < 4.78 is 2.35. The van der Waals surface area contributed by atoms with Crippen LogP contribution in [0.25, 0.3) is 23.2 Å². The lowest BCUT2D eigenvalue weighted by Crippen LogP contribution is -2.21. The summed E-state index contributed by atoms with van der Waals surface area (Å²) in [6.07, 6.45) is 6.53. The maximum absolute atomic E-state index is 6.28. The number of aromatic nitrogens is 1. The molecule has 0 fully saturated rings. The van der Waals surface area contributed by atoms with E-state index >= 15 is 0 Å². The topological polar surface area (TPSA) is 8.17 Å². The Morgan fingerprint density at radius 2 is 1.79 bits per heavy atom. The van der Waals surface area contributed by atoms with Gasteiger partial charge < -0.3 is 9.47 Å². The number of fused-ring (bicyclic) bond motifs is 3. The normalized spacial score (nSPS) is 15.8. The second-order valence-corrected chi connectivity index (χ2v) is 6.92. The highest BCUT2D eigenvalue weighted by Gasteiger charge is 2.19. The number of benzene rings is 2. The predicted molar refractivity (Wildman–Crippen MR) is 104 cm³/mol. The van der Waals surface area contributed by atoms with Gasteiger partial charge in [-0.2, -0.15) is 0 Å². The zero-order valence-electron chi connectivity index (χ0n) is 13.9. The van der Waals surface area contributed by atoms with Crippen molar-refractivity contribution in [1.29, 1.82) is 0 Å². The molecule has 0 N–H and O–H groups in total. The van der Waals surface area contributed by atoms with Gasteiger partial charge in [0.2, 0.25) is 0 Å². The highest BCUT2D eigenvalue weighted by molar-refractivity contribution is 6.31. The molecule has 0 amide bonds. The van der Waals surface area contributed by atoms with Crippen LogP contribution in [0.1, 0.15) is 16.8 Å². The Morgan fingerprint density at radius 3 is 2.62 bits per heavy atom. The second-order valence-electron chi connectivity index (χ2n) is 6.49. The molecule has 0 radical (unpaired) electrons. The molecule has 122 valence electrons. The minimum absolute atomic E-state index is 0.812. The molecular weight excluding hydrogens is 316 g/mol.